The van der Waals surface area contributed by atoms with Gasteiger partial charge in [-0.25, -0.2) is 9.48 Å². The van der Waals surface area contributed by atoms with Crippen LogP contribution in [0.3, 0.4) is 0 Å². The Balaban J connectivity index is 1.62. The Labute approximate surface area is 163 Å². The highest BCUT2D eigenvalue weighted by Crippen LogP contribution is 2.42. The summed E-state index contributed by atoms with van der Waals surface area (Å²) in [6.45, 7) is -0.569. The van der Waals surface area contributed by atoms with Crippen LogP contribution < -0.4 is 5.69 Å². The number of benzene rings is 1. The highest BCUT2D eigenvalue weighted by Gasteiger charge is 2.64. The number of likely N-dealkylation sites (tertiary alicyclic amines) is 1. The van der Waals surface area contributed by atoms with Crippen molar-refractivity contribution in [3.8, 4) is 0 Å². The summed E-state index contributed by atoms with van der Waals surface area (Å²) in [4.78, 5) is 26.1. The molecule has 0 bridgehead atoms. The molecule has 29 heavy (non-hydrogen) atoms. The molecule has 0 saturated carbocycles. The first-order chi connectivity index (χ1) is 13.6. The van der Waals surface area contributed by atoms with Crippen molar-refractivity contribution in [2.75, 3.05) is 13.1 Å². The second-order valence-corrected chi connectivity index (χ2v) is 7.72. The molecule has 10 heteroatoms. The number of rotatable bonds is 3. The van der Waals surface area contributed by atoms with Crippen LogP contribution in [0.2, 0.25) is 0 Å². The van der Waals surface area contributed by atoms with Crippen LogP contribution in [0.25, 0.3) is 0 Å². The van der Waals surface area contributed by atoms with E-state index in [-0.39, 0.29) is 13.0 Å². The van der Waals surface area contributed by atoms with Crippen molar-refractivity contribution < 1.29 is 22.4 Å². The molecule has 0 unspecified atom stereocenters. The van der Waals surface area contributed by atoms with Crippen molar-refractivity contribution in [3.05, 3.63) is 51.7 Å². The van der Waals surface area contributed by atoms with E-state index in [0.717, 1.165) is 11.1 Å². The van der Waals surface area contributed by atoms with E-state index in [1.54, 1.807) is 0 Å². The fourth-order valence-electron chi connectivity index (χ4n) is 3.87. The lowest BCUT2D eigenvalue weighted by molar-refractivity contribution is -0.172. The van der Waals surface area contributed by atoms with Crippen molar-refractivity contribution in [3.63, 3.8) is 0 Å². The third kappa shape index (κ3) is 3.34. The fourth-order valence-corrected chi connectivity index (χ4v) is 3.87. The van der Waals surface area contributed by atoms with E-state index in [0.29, 0.717) is 23.6 Å². The summed E-state index contributed by atoms with van der Waals surface area (Å²) >= 11 is 0. The van der Waals surface area contributed by atoms with Gasteiger partial charge in [0.2, 0.25) is 5.91 Å². The van der Waals surface area contributed by atoms with Crippen LogP contribution in [0, 0.1) is 6.92 Å². The van der Waals surface area contributed by atoms with Gasteiger partial charge in [0.25, 0.3) is 0 Å². The quantitative estimate of drug-likeness (QED) is 0.728. The van der Waals surface area contributed by atoms with Gasteiger partial charge in [0.1, 0.15) is 11.9 Å². The van der Waals surface area contributed by atoms with Crippen LogP contribution in [0.4, 0.5) is 17.6 Å². The summed E-state index contributed by atoms with van der Waals surface area (Å²) in [5, 5.41) is 4.28. The Morgan fingerprint density at radius 2 is 1.76 bits per heavy atom. The van der Waals surface area contributed by atoms with E-state index < -0.39 is 42.6 Å². The molecule has 0 aliphatic carbocycles. The fraction of sp³-hybridized carbons (Fsp3) is 0.526. The molecule has 6 nitrogen and oxygen atoms in total. The number of fused-ring (bicyclic) bond motifs is 1. The average molecular weight is 412 g/mol. The molecule has 2 aliphatic heterocycles. The van der Waals surface area contributed by atoms with Crippen molar-refractivity contribution in [1.29, 1.82) is 0 Å². The van der Waals surface area contributed by atoms with Gasteiger partial charge in [0.15, 0.2) is 0 Å². The summed E-state index contributed by atoms with van der Waals surface area (Å²) in [6.07, 6.45) is 1.18. The van der Waals surface area contributed by atoms with Gasteiger partial charge in [-0.1, -0.05) is 29.8 Å². The summed E-state index contributed by atoms with van der Waals surface area (Å²) in [7, 11) is 0. The number of aryl methyl sites for hydroxylation is 2. The summed E-state index contributed by atoms with van der Waals surface area (Å²) < 4.78 is 56.5. The zero-order chi connectivity index (χ0) is 21.0. The smallest absolute Gasteiger partial charge is 0.328 e. The topological polar surface area (TPSA) is 60.1 Å². The number of alkyl halides is 4. The molecule has 0 radical (unpaired) electrons. The minimum Gasteiger partial charge on any atom is -0.328 e. The largest absolute Gasteiger partial charge is 0.346 e. The van der Waals surface area contributed by atoms with E-state index in [4.69, 9.17) is 0 Å². The molecule has 0 N–H and O–H groups in total. The lowest BCUT2D eigenvalue weighted by Gasteiger charge is -2.26. The Kier molecular flexibility index (Phi) is 4.54. The van der Waals surface area contributed by atoms with Gasteiger partial charge in [-0.15, -0.1) is 0 Å². The second kappa shape index (κ2) is 6.70. The third-order valence-corrected chi connectivity index (χ3v) is 5.49. The third-order valence-electron chi connectivity index (χ3n) is 5.49. The summed E-state index contributed by atoms with van der Waals surface area (Å²) in [5.74, 6) is -9.08. The van der Waals surface area contributed by atoms with E-state index in [1.807, 2.05) is 31.2 Å². The van der Waals surface area contributed by atoms with Crippen molar-refractivity contribution in [1.82, 2.24) is 19.2 Å². The zero-order valence-electron chi connectivity index (χ0n) is 15.7. The number of carbonyl (C=O) groups excluding carboxylic acids is 1. The molecule has 4 rings (SSSR count). The van der Waals surface area contributed by atoms with Gasteiger partial charge in [0.05, 0.1) is 19.6 Å². The summed E-state index contributed by atoms with van der Waals surface area (Å²) in [6, 6.07) is 6.42. The molecule has 1 atom stereocenters. The molecule has 1 saturated heterocycles. The minimum absolute atomic E-state index is 0.194. The van der Waals surface area contributed by atoms with E-state index in [1.165, 1.54) is 9.25 Å². The maximum atomic E-state index is 13.5. The van der Waals surface area contributed by atoms with E-state index >= 15 is 0 Å². The molecular weight excluding hydrogens is 392 g/mol. The first-order valence-corrected chi connectivity index (χ1v) is 9.37. The second-order valence-electron chi connectivity index (χ2n) is 7.72. The van der Waals surface area contributed by atoms with Crippen molar-refractivity contribution >= 4 is 5.91 Å². The number of halogens is 4. The number of carbonyl (C=O) groups is 1. The SMILES string of the molecule is Cc1ccc(Cn2nc3n(c2=O)[C@H](C(=O)N2CC(F)(F)C(F)(F)C2)CCC3)cc1. The number of aromatic nitrogens is 3. The number of hydrogen-bond donors (Lipinski definition) is 0. The Bertz CT molecular complexity index is 981. The lowest BCUT2D eigenvalue weighted by atomic mass is 10.0. The maximum Gasteiger partial charge on any atom is 0.346 e. The maximum absolute atomic E-state index is 13.5. The van der Waals surface area contributed by atoms with Gasteiger partial charge < -0.3 is 4.90 Å². The molecule has 156 valence electrons. The van der Waals surface area contributed by atoms with Gasteiger partial charge >= 0.3 is 17.5 Å². The first-order valence-electron chi connectivity index (χ1n) is 9.37. The Morgan fingerprint density at radius 1 is 1.14 bits per heavy atom. The Morgan fingerprint density at radius 3 is 2.38 bits per heavy atom. The van der Waals surface area contributed by atoms with Crippen LogP contribution >= 0.6 is 0 Å². The molecule has 1 aromatic heterocycles. The van der Waals surface area contributed by atoms with Crippen LogP contribution in [0.1, 0.15) is 35.8 Å². The van der Waals surface area contributed by atoms with Crippen LogP contribution in [-0.2, 0) is 17.8 Å². The highest BCUT2D eigenvalue weighted by atomic mass is 19.3. The first kappa shape index (κ1) is 19.7. The van der Waals surface area contributed by atoms with Crippen molar-refractivity contribution in [2.24, 2.45) is 0 Å². The molecule has 1 amide bonds. The molecule has 0 spiro atoms. The van der Waals surface area contributed by atoms with Gasteiger partial charge in [0, 0.05) is 6.42 Å². The number of nitrogens with zero attached hydrogens (tertiary/aromatic N) is 4. The van der Waals surface area contributed by atoms with Crippen molar-refractivity contribution in [2.45, 2.75) is 50.6 Å². The average Bonchev–Trinajstić information content (AvgIpc) is 3.09. The molecule has 2 aromatic rings. The predicted molar refractivity (Wildman–Crippen MR) is 95.2 cm³/mol. The Hall–Kier alpha value is -2.65. The summed E-state index contributed by atoms with van der Waals surface area (Å²) in [5.41, 5.74) is 1.36. The highest BCUT2D eigenvalue weighted by molar-refractivity contribution is 5.81. The standard InChI is InChI=1S/C19H20F4N4O2/c1-12-5-7-13(8-6-12)9-26-17(29)27-14(3-2-4-15(27)24-26)16(28)25-10-18(20,21)19(22,23)11-25/h5-8,14H,2-4,9-11H2,1H3/t14-/m0/s1. The predicted octanol–water partition coefficient (Wildman–Crippen LogP) is 2.39. The van der Waals surface area contributed by atoms with E-state index in [2.05, 4.69) is 5.10 Å². The normalized spacial score (nSPS) is 22.5. The van der Waals surface area contributed by atoms with Gasteiger partial charge in [-0.3, -0.25) is 9.36 Å². The molecule has 1 aromatic carbocycles. The minimum atomic E-state index is -4.28. The van der Waals surface area contributed by atoms with Crippen LogP contribution in [0.5, 0.6) is 0 Å². The van der Waals surface area contributed by atoms with Gasteiger partial charge in [-0.2, -0.15) is 22.7 Å². The van der Waals surface area contributed by atoms with E-state index in [9.17, 15) is 27.2 Å². The van der Waals surface area contributed by atoms with Crippen LogP contribution in [0.15, 0.2) is 29.1 Å². The van der Waals surface area contributed by atoms with Crippen LogP contribution in [-0.4, -0.2) is 50.1 Å². The molecule has 1 fully saturated rings. The zero-order valence-corrected chi connectivity index (χ0v) is 15.7. The monoisotopic (exact) mass is 412 g/mol. The lowest BCUT2D eigenvalue weighted by Crippen LogP contribution is -2.42. The molecule has 2 aliphatic rings. The molecular formula is C19H20F4N4O2. The van der Waals surface area contributed by atoms with Gasteiger partial charge in [-0.05, 0) is 25.3 Å². The molecule has 3 heterocycles. The number of hydrogen-bond acceptors (Lipinski definition) is 3. The number of amides is 1.